The van der Waals surface area contributed by atoms with Gasteiger partial charge in [-0.1, -0.05) is 6.08 Å². The van der Waals surface area contributed by atoms with Crippen LogP contribution in [-0.4, -0.2) is 29.8 Å². The topological polar surface area (TPSA) is 63.4 Å². The lowest BCUT2D eigenvalue weighted by atomic mass is 10.4. The fourth-order valence-corrected chi connectivity index (χ4v) is 0.923. The Kier molecular flexibility index (Phi) is 2.25. The highest BCUT2D eigenvalue weighted by Crippen LogP contribution is 2.00. The lowest BCUT2D eigenvalue weighted by Crippen LogP contribution is -2.29. The number of nitrogens with zero attached hydrogens (tertiary/aromatic N) is 1. The van der Waals surface area contributed by atoms with Crippen molar-refractivity contribution in [3.8, 4) is 0 Å². The maximum atomic E-state index is 10.9. The maximum Gasteiger partial charge on any atom is 0.246 e. The molecule has 1 rings (SSSR count). The zero-order valence-corrected chi connectivity index (χ0v) is 6.12. The highest BCUT2D eigenvalue weighted by molar-refractivity contribution is 5.90. The first-order valence-corrected chi connectivity index (χ1v) is 3.44. The van der Waals surface area contributed by atoms with E-state index in [1.165, 1.54) is 6.08 Å². The first kappa shape index (κ1) is 7.78. The van der Waals surface area contributed by atoms with Crippen LogP contribution in [0.25, 0.3) is 0 Å². The van der Waals surface area contributed by atoms with Crippen LogP contribution in [0.4, 0.5) is 0 Å². The summed E-state index contributed by atoms with van der Waals surface area (Å²) in [6.07, 6.45) is 3.51. The predicted octanol–water partition coefficient (Wildman–Crippen LogP) is -0.740. The summed E-state index contributed by atoms with van der Waals surface area (Å²) in [4.78, 5) is 22.8. The minimum atomic E-state index is -0.371. The van der Waals surface area contributed by atoms with Gasteiger partial charge in [0, 0.05) is 25.6 Å². The number of rotatable bonds is 3. The van der Waals surface area contributed by atoms with Crippen LogP contribution < -0.4 is 5.73 Å². The minimum Gasteiger partial charge on any atom is -0.370 e. The normalized spacial score (nSPS) is 16.0. The second kappa shape index (κ2) is 3.18. The van der Waals surface area contributed by atoms with Gasteiger partial charge in [-0.25, -0.2) is 0 Å². The number of amides is 2. The van der Waals surface area contributed by atoms with Crippen LogP contribution in [0.1, 0.15) is 6.42 Å². The standard InChI is InChI=1S/C7H10N2O2/c8-6(10)3-5-9-4-1-2-7(9)11/h1-2H,3-5H2,(H2,8,10). The molecule has 2 amide bonds. The molecule has 0 aromatic heterocycles. The minimum absolute atomic E-state index is 0.0359. The zero-order chi connectivity index (χ0) is 8.27. The Balaban J connectivity index is 2.28. The first-order chi connectivity index (χ1) is 5.20. The Hall–Kier alpha value is -1.32. The maximum absolute atomic E-state index is 10.9. The van der Waals surface area contributed by atoms with Crippen molar-refractivity contribution in [3.63, 3.8) is 0 Å². The summed E-state index contributed by atoms with van der Waals surface area (Å²) < 4.78 is 0. The average molecular weight is 154 g/mol. The predicted molar refractivity (Wildman–Crippen MR) is 39.5 cm³/mol. The molecule has 0 saturated heterocycles. The van der Waals surface area contributed by atoms with Crippen molar-refractivity contribution in [1.29, 1.82) is 0 Å². The number of hydrogen-bond acceptors (Lipinski definition) is 2. The van der Waals surface area contributed by atoms with Gasteiger partial charge < -0.3 is 10.6 Å². The molecule has 4 heteroatoms. The molecular formula is C7H10N2O2. The van der Waals surface area contributed by atoms with E-state index in [9.17, 15) is 9.59 Å². The fourth-order valence-electron chi connectivity index (χ4n) is 0.923. The van der Waals surface area contributed by atoms with E-state index in [4.69, 9.17) is 5.73 Å². The van der Waals surface area contributed by atoms with Crippen molar-refractivity contribution >= 4 is 11.8 Å². The number of carbonyl (C=O) groups is 2. The van der Waals surface area contributed by atoms with Crippen molar-refractivity contribution in [2.45, 2.75) is 6.42 Å². The molecule has 0 aliphatic carbocycles. The Labute approximate surface area is 64.7 Å². The van der Waals surface area contributed by atoms with Gasteiger partial charge >= 0.3 is 0 Å². The molecule has 0 unspecified atom stereocenters. The van der Waals surface area contributed by atoms with Crippen LogP contribution >= 0.6 is 0 Å². The summed E-state index contributed by atoms with van der Waals surface area (Å²) in [5.74, 6) is -0.407. The van der Waals surface area contributed by atoms with Crippen LogP contribution in [0.5, 0.6) is 0 Å². The van der Waals surface area contributed by atoms with E-state index >= 15 is 0 Å². The monoisotopic (exact) mass is 154 g/mol. The summed E-state index contributed by atoms with van der Waals surface area (Å²) in [6.45, 7) is 1.04. The van der Waals surface area contributed by atoms with E-state index in [1.807, 2.05) is 0 Å². The number of hydrogen-bond donors (Lipinski definition) is 1. The number of carbonyl (C=O) groups excluding carboxylic acids is 2. The van der Waals surface area contributed by atoms with Crippen molar-refractivity contribution in [1.82, 2.24) is 4.90 Å². The van der Waals surface area contributed by atoms with Crippen LogP contribution in [0.3, 0.4) is 0 Å². The van der Waals surface area contributed by atoms with Gasteiger partial charge in [0.25, 0.3) is 0 Å². The third-order valence-electron chi connectivity index (χ3n) is 1.53. The van der Waals surface area contributed by atoms with Crippen molar-refractivity contribution in [2.24, 2.45) is 5.73 Å². The molecule has 0 spiro atoms. The largest absolute Gasteiger partial charge is 0.370 e. The molecule has 60 valence electrons. The molecule has 0 atom stereocenters. The molecular weight excluding hydrogens is 144 g/mol. The first-order valence-electron chi connectivity index (χ1n) is 3.44. The smallest absolute Gasteiger partial charge is 0.246 e. The lowest BCUT2D eigenvalue weighted by Gasteiger charge is -2.13. The van der Waals surface area contributed by atoms with E-state index in [0.29, 0.717) is 13.1 Å². The van der Waals surface area contributed by atoms with Crippen LogP contribution in [0, 0.1) is 0 Å². The second-order valence-electron chi connectivity index (χ2n) is 2.40. The summed E-state index contributed by atoms with van der Waals surface area (Å²) in [5, 5.41) is 0. The van der Waals surface area contributed by atoms with Gasteiger partial charge in [0.2, 0.25) is 11.8 Å². The SMILES string of the molecule is NC(=O)CCN1CC=CC1=O. The summed E-state index contributed by atoms with van der Waals surface area (Å²) >= 11 is 0. The van der Waals surface area contributed by atoms with E-state index in [0.717, 1.165) is 0 Å². The quantitative estimate of drug-likeness (QED) is 0.582. The van der Waals surface area contributed by atoms with Gasteiger partial charge in [0.15, 0.2) is 0 Å². The number of primary amides is 1. The second-order valence-corrected chi connectivity index (χ2v) is 2.40. The summed E-state index contributed by atoms with van der Waals surface area (Å²) in [5.41, 5.74) is 4.92. The van der Waals surface area contributed by atoms with Crippen LogP contribution in [0.2, 0.25) is 0 Å². The molecule has 1 aliphatic rings. The van der Waals surface area contributed by atoms with E-state index in [1.54, 1.807) is 11.0 Å². The van der Waals surface area contributed by atoms with Gasteiger partial charge in [-0.15, -0.1) is 0 Å². The van der Waals surface area contributed by atoms with E-state index < -0.39 is 0 Å². The highest BCUT2D eigenvalue weighted by atomic mass is 16.2. The van der Waals surface area contributed by atoms with Gasteiger partial charge in [-0.3, -0.25) is 9.59 Å². The third kappa shape index (κ3) is 2.07. The lowest BCUT2D eigenvalue weighted by molar-refractivity contribution is -0.125. The zero-order valence-electron chi connectivity index (χ0n) is 6.12. The molecule has 2 N–H and O–H groups in total. The van der Waals surface area contributed by atoms with Gasteiger partial charge in [0.1, 0.15) is 0 Å². The van der Waals surface area contributed by atoms with Crippen molar-refractivity contribution < 1.29 is 9.59 Å². The average Bonchev–Trinajstić information content (AvgIpc) is 2.31. The Morgan fingerprint density at radius 3 is 2.91 bits per heavy atom. The molecule has 0 aromatic carbocycles. The molecule has 11 heavy (non-hydrogen) atoms. The molecule has 0 saturated carbocycles. The van der Waals surface area contributed by atoms with Crippen molar-refractivity contribution in [2.75, 3.05) is 13.1 Å². The summed E-state index contributed by atoms with van der Waals surface area (Å²) in [7, 11) is 0. The summed E-state index contributed by atoms with van der Waals surface area (Å²) in [6, 6.07) is 0. The molecule has 0 aromatic rings. The van der Waals surface area contributed by atoms with Crippen LogP contribution in [-0.2, 0) is 9.59 Å². The fraction of sp³-hybridized carbons (Fsp3) is 0.429. The Morgan fingerprint density at radius 1 is 1.73 bits per heavy atom. The molecule has 1 aliphatic heterocycles. The van der Waals surface area contributed by atoms with Gasteiger partial charge in [-0.2, -0.15) is 0 Å². The molecule has 0 fully saturated rings. The van der Waals surface area contributed by atoms with Crippen molar-refractivity contribution in [3.05, 3.63) is 12.2 Å². The third-order valence-corrected chi connectivity index (χ3v) is 1.53. The Bertz CT molecular complexity index is 210. The Morgan fingerprint density at radius 2 is 2.45 bits per heavy atom. The van der Waals surface area contributed by atoms with Gasteiger partial charge in [0.05, 0.1) is 0 Å². The van der Waals surface area contributed by atoms with E-state index in [-0.39, 0.29) is 18.2 Å². The van der Waals surface area contributed by atoms with Gasteiger partial charge in [-0.05, 0) is 0 Å². The highest BCUT2D eigenvalue weighted by Gasteiger charge is 2.14. The van der Waals surface area contributed by atoms with E-state index in [2.05, 4.69) is 0 Å². The molecule has 0 bridgehead atoms. The van der Waals surface area contributed by atoms with Crippen LogP contribution in [0.15, 0.2) is 12.2 Å². The number of nitrogens with two attached hydrogens (primary N) is 1. The molecule has 4 nitrogen and oxygen atoms in total. The molecule has 0 radical (unpaired) electrons. The molecule has 1 heterocycles.